The minimum absolute atomic E-state index is 0.0248. The molecule has 3 aromatic rings. The lowest BCUT2D eigenvalue weighted by Crippen LogP contribution is -2.45. The Hall–Kier alpha value is -2.98. The summed E-state index contributed by atoms with van der Waals surface area (Å²) < 4.78 is 1.03. The zero-order valence-electron chi connectivity index (χ0n) is 18.6. The molecule has 1 amide bonds. The van der Waals surface area contributed by atoms with Crippen LogP contribution in [0.2, 0.25) is 0 Å². The second-order valence-corrected chi connectivity index (χ2v) is 8.86. The fourth-order valence-electron chi connectivity index (χ4n) is 3.84. The lowest BCUT2D eigenvalue weighted by atomic mass is 10.0. The van der Waals surface area contributed by atoms with Crippen molar-refractivity contribution in [3.05, 3.63) is 47.5 Å². The molecule has 2 aliphatic rings. The first kappa shape index (κ1) is 23.2. The number of piperazine rings is 2. The van der Waals surface area contributed by atoms with Crippen LogP contribution in [0.25, 0.3) is 27.3 Å². The van der Waals surface area contributed by atoms with E-state index in [0.29, 0.717) is 5.82 Å². The van der Waals surface area contributed by atoms with Gasteiger partial charge in [-0.15, -0.1) is 11.3 Å². The summed E-state index contributed by atoms with van der Waals surface area (Å²) in [6.07, 6.45) is 5.19. The molecule has 0 unspecified atom stereocenters. The number of rotatable bonds is 3. The van der Waals surface area contributed by atoms with Gasteiger partial charge in [-0.1, -0.05) is 12.1 Å². The van der Waals surface area contributed by atoms with Gasteiger partial charge in [-0.3, -0.25) is 4.79 Å². The molecule has 0 aliphatic carbocycles. The average Bonchev–Trinajstić information content (AvgIpc) is 3.32. The maximum Gasteiger partial charge on any atom is 0.246 e. The minimum Gasteiger partial charge on any atom is -0.399 e. The summed E-state index contributed by atoms with van der Waals surface area (Å²) in [6, 6.07) is 7.70. The third-order valence-corrected chi connectivity index (χ3v) is 6.69. The first-order chi connectivity index (χ1) is 16.1. The Kier molecular flexibility index (Phi) is 7.90. The number of fused-ring (bicyclic) bond motifs is 1. The van der Waals surface area contributed by atoms with Crippen molar-refractivity contribution in [3.8, 4) is 11.1 Å². The van der Waals surface area contributed by atoms with Crippen molar-refractivity contribution < 1.29 is 4.79 Å². The van der Waals surface area contributed by atoms with Crippen molar-refractivity contribution in [2.45, 2.75) is 0 Å². The molecule has 2 fully saturated rings. The molecular formula is C24H31N7OS. The van der Waals surface area contributed by atoms with Gasteiger partial charge in [-0.2, -0.15) is 0 Å². The molecule has 8 nitrogen and oxygen atoms in total. The molecule has 2 aliphatic heterocycles. The van der Waals surface area contributed by atoms with Gasteiger partial charge in [-0.05, 0) is 29.2 Å². The molecule has 0 atom stereocenters. The van der Waals surface area contributed by atoms with Crippen LogP contribution in [0, 0.1) is 0 Å². The van der Waals surface area contributed by atoms with Gasteiger partial charge >= 0.3 is 0 Å². The van der Waals surface area contributed by atoms with E-state index in [4.69, 9.17) is 11.5 Å². The number of amides is 1. The smallest absolute Gasteiger partial charge is 0.246 e. The standard InChI is InChI=1S/C20H21N5OS.C4H10N2/c21-15-4-1-13(2-5-15)16-12-27-19-14(11-24-20(22)18(16)19)3-6-17(26)25-9-7-23-8-10-25;1-2-6-4-3-5-1/h1-6,11-12,23H,7-10,21H2,(H2,22,24);5-6H,1-4H2/b6-3+;. The fraction of sp³-hybridized carbons (Fsp3) is 0.333. The van der Waals surface area contributed by atoms with Crippen LogP contribution in [-0.2, 0) is 4.79 Å². The van der Waals surface area contributed by atoms with Gasteiger partial charge < -0.3 is 32.3 Å². The number of nitrogen functional groups attached to an aromatic ring is 2. The molecule has 33 heavy (non-hydrogen) atoms. The van der Waals surface area contributed by atoms with Crippen LogP contribution in [0.15, 0.2) is 41.9 Å². The number of carbonyl (C=O) groups is 1. The third-order valence-electron chi connectivity index (χ3n) is 5.67. The number of nitrogens with one attached hydrogen (secondary N) is 3. The van der Waals surface area contributed by atoms with Crippen LogP contribution in [0.5, 0.6) is 0 Å². The van der Waals surface area contributed by atoms with Crippen molar-refractivity contribution in [3.63, 3.8) is 0 Å². The van der Waals surface area contributed by atoms with Crippen LogP contribution in [-0.4, -0.2) is 68.1 Å². The molecule has 2 saturated heterocycles. The van der Waals surface area contributed by atoms with Gasteiger partial charge in [0, 0.05) is 91.5 Å². The molecule has 4 heterocycles. The molecule has 0 saturated carbocycles. The largest absolute Gasteiger partial charge is 0.399 e. The van der Waals surface area contributed by atoms with Crippen molar-refractivity contribution >= 4 is 44.9 Å². The molecule has 1 aromatic carbocycles. The van der Waals surface area contributed by atoms with E-state index >= 15 is 0 Å². The molecule has 0 spiro atoms. The Morgan fingerprint density at radius 3 is 2.24 bits per heavy atom. The van der Waals surface area contributed by atoms with Crippen LogP contribution < -0.4 is 27.4 Å². The van der Waals surface area contributed by atoms with E-state index < -0.39 is 0 Å². The van der Waals surface area contributed by atoms with Gasteiger partial charge in [-0.25, -0.2) is 4.98 Å². The number of nitrogens with two attached hydrogens (primary N) is 2. The fourth-order valence-corrected chi connectivity index (χ4v) is 4.91. The van der Waals surface area contributed by atoms with Crippen LogP contribution in [0.3, 0.4) is 0 Å². The normalized spacial score (nSPS) is 16.5. The second kappa shape index (κ2) is 11.2. The van der Waals surface area contributed by atoms with Crippen molar-refractivity contribution in [2.75, 3.05) is 63.8 Å². The molecule has 5 rings (SSSR count). The summed E-state index contributed by atoms with van der Waals surface area (Å²) in [7, 11) is 0. The lowest BCUT2D eigenvalue weighted by molar-refractivity contribution is -0.126. The van der Waals surface area contributed by atoms with Gasteiger partial charge in [0.15, 0.2) is 0 Å². The molecule has 9 heteroatoms. The zero-order chi connectivity index (χ0) is 23.0. The Morgan fingerprint density at radius 2 is 1.61 bits per heavy atom. The van der Waals surface area contributed by atoms with E-state index in [0.717, 1.165) is 84.8 Å². The van der Waals surface area contributed by atoms with Crippen molar-refractivity contribution in [1.29, 1.82) is 0 Å². The first-order valence-corrected chi connectivity index (χ1v) is 12.1. The Labute approximate surface area is 198 Å². The summed E-state index contributed by atoms with van der Waals surface area (Å²) in [5.41, 5.74) is 15.7. The zero-order valence-corrected chi connectivity index (χ0v) is 19.5. The maximum atomic E-state index is 12.4. The minimum atomic E-state index is 0.0248. The van der Waals surface area contributed by atoms with E-state index in [1.807, 2.05) is 35.2 Å². The topological polar surface area (TPSA) is 121 Å². The SMILES string of the molecule is C1CNCCN1.Nc1ccc(-c2csc3c(/C=C/C(=O)N4CCNCC4)cnc(N)c23)cc1. The Bertz CT molecular complexity index is 1090. The third kappa shape index (κ3) is 5.88. The first-order valence-electron chi connectivity index (χ1n) is 11.2. The van der Waals surface area contributed by atoms with E-state index in [1.54, 1.807) is 23.6 Å². The van der Waals surface area contributed by atoms with Gasteiger partial charge in [0.2, 0.25) is 5.91 Å². The highest BCUT2D eigenvalue weighted by atomic mass is 32.1. The van der Waals surface area contributed by atoms with Crippen molar-refractivity contribution in [1.82, 2.24) is 25.8 Å². The number of pyridine rings is 1. The Balaban J connectivity index is 0.000000376. The summed E-state index contributed by atoms with van der Waals surface area (Å²) >= 11 is 1.60. The number of nitrogens with zero attached hydrogens (tertiary/aromatic N) is 2. The highest BCUT2D eigenvalue weighted by Crippen LogP contribution is 2.39. The summed E-state index contributed by atoms with van der Waals surface area (Å²) in [4.78, 5) is 18.6. The highest BCUT2D eigenvalue weighted by Gasteiger charge is 2.15. The number of carbonyl (C=O) groups excluding carboxylic acids is 1. The summed E-state index contributed by atoms with van der Waals surface area (Å²) in [6.45, 7) is 7.70. The Morgan fingerprint density at radius 1 is 0.970 bits per heavy atom. The van der Waals surface area contributed by atoms with Gasteiger partial charge in [0.1, 0.15) is 5.82 Å². The molecule has 7 N–H and O–H groups in total. The predicted molar refractivity (Wildman–Crippen MR) is 138 cm³/mol. The van der Waals surface area contributed by atoms with Gasteiger partial charge in [0.25, 0.3) is 0 Å². The van der Waals surface area contributed by atoms with E-state index in [9.17, 15) is 4.79 Å². The van der Waals surface area contributed by atoms with Crippen molar-refractivity contribution in [2.24, 2.45) is 0 Å². The summed E-state index contributed by atoms with van der Waals surface area (Å²) in [5.74, 6) is 0.514. The average molecular weight is 466 g/mol. The highest BCUT2D eigenvalue weighted by molar-refractivity contribution is 7.18. The van der Waals surface area contributed by atoms with E-state index in [-0.39, 0.29) is 5.91 Å². The summed E-state index contributed by atoms with van der Waals surface area (Å²) in [5, 5.41) is 12.7. The van der Waals surface area contributed by atoms with E-state index in [1.165, 1.54) is 0 Å². The second-order valence-electron chi connectivity index (χ2n) is 7.98. The predicted octanol–water partition coefficient (Wildman–Crippen LogP) is 1.75. The monoisotopic (exact) mass is 465 g/mol. The molecule has 0 radical (unpaired) electrons. The molecule has 2 aromatic heterocycles. The number of benzene rings is 1. The number of hydrogen-bond acceptors (Lipinski definition) is 8. The van der Waals surface area contributed by atoms with Crippen LogP contribution in [0.4, 0.5) is 11.5 Å². The molecule has 174 valence electrons. The van der Waals surface area contributed by atoms with E-state index in [2.05, 4.69) is 26.3 Å². The number of hydrogen-bond donors (Lipinski definition) is 5. The number of anilines is 2. The number of thiophene rings is 1. The lowest BCUT2D eigenvalue weighted by Gasteiger charge is -2.26. The molecular weight excluding hydrogens is 434 g/mol. The maximum absolute atomic E-state index is 12.4. The quantitative estimate of drug-likeness (QED) is 0.295. The molecule has 0 bridgehead atoms. The van der Waals surface area contributed by atoms with Gasteiger partial charge in [0.05, 0.1) is 0 Å². The number of aromatic nitrogens is 1. The van der Waals surface area contributed by atoms with Crippen LogP contribution in [0.1, 0.15) is 5.56 Å². The van der Waals surface area contributed by atoms with Crippen LogP contribution >= 0.6 is 11.3 Å².